The molecule has 0 saturated carbocycles. The first-order valence-electron chi connectivity index (χ1n) is 6.48. The molecule has 0 atom stereocenters. The molecule has 0 aromatic rings. The highest BCUT2D eigenvalue weighted by Crippen LogP contribution is 1.92. The highest BCUT2D eigenvalue weighted by Gasteiger charge is 2.07. The van der Waals surface area contributed by atoms with E-state index in [1.165, 1.54) is 0 Å². The van der Waals surface area contributed by atoms with Crippen molar-refractivity contribution in [3.05, 3.63) is 0 Å². The smallest absolute Gasteiger partial charge is 0.169 e. The van der Waals surface area contributed by atoms with Gasteiger partial charge in [-0.2, -0.15) is 14.3 Å². The zero-order chi connectivity index (χ0) is 14.2. The standard InChI is InChI=1S/3C5H6Cl.Al/c3*1-2-3-4-5-6;/h3*3-5H2;. The number of halogens is 3. The van der Waals surface area contributed by atoms with Crippen molar-refractivity contribution in [3.8, 4) is 32.1 Å². The van der Waals surface area contributed by atoms with Gasteiger partial charge in [0.05, 0.1) is 0 Å². The molecule has 0 aromatic carbocycles. The normalized spacial score (nSPS) is 8.37. The Kier molecular flexibility index (Phi) is 16.2. The van der Waals surface area contributed by atoms with Crippen LogP contribution in [0.2, 0.25) is 0 Å². The minimum atomic E-state index is -1.57. The van der Waals surface area contributed by atoms with E-state index in [1.54, 1.807) is 0 Å². The molecule has 0 aliphatic rings. The molecule has 0 aromatic heterocycles. The molecule has 0 amide bonds. The average Bonchev–Trinajstić information content (AvgIpc) is 2.43. The van der Waals surface area contributed by atoms with E-state index in [2.05, 4.69) is 32.1 Å². The van der Waals surface area contributed by atoms with Crippen LogP contribution in [-0.4, -0.2) is 31.8 Å². The summed E-state index contributed by atoms with van der Waals surface area (Å²) in [4.78, 5) is 9.68. The molecule has 0 spiro atoms. The van der Waals surface area contributed by atoms with Gasteiger partial charge in [-0.05, 0) is 19.3 Å². The van der Waals surface area contributed by atoms with Crippen LogP contribution in [0.4, 0.5) is 0 Å². The molecule has 0 rings (SSSR count). The highest BCUT2D eigenvalue weighted by atomic mass is 35.5. The van der Waals surface area contributed by atoms with E-state index >= 15 is 0 Å². The van der Waals surface area contributed by atoms with Crippen molar-refractivity contribution in [2.45, 2.75) is 38.5 Å². The van der Waals surface area contributed by atoms with Gasteiger partial charge in [0, 0.05) is 36.9 Å². The minimum Gasteiger partial charge on any atom is -0.169 e. The van der Waals surface area contributed by atoms with E-state index in [-0.39, 0.29) is 0 Å². The molecule has 0 nitrogen and oxygen atoms in total. The van der Waals surface area contributed by atoms with Gasteiger partial charge in [0.15, 0.2) is 0 Å². The minimum absolute atomic E-state index is 0.656. The van der Waals surface area contributed by atoms with Gasteiger partial charge in [-0.1, -0.05) is 0 Å². The Balaban J connectivity index is 4.36. The Bertz CT molecular complexity index is 325. The predicted molar refractivity (Wildman–Crippen MR) is 88.9 cm³/mol. The fourth-order valence-electron chi connectivity index (χ4n) is 1.10. The molecular weight excluding hydrogens is 314 g/mol. The topological polar surface area (TPSA) is 0 Å². The molecule has 102 valence electrons. The van der Waals surface area contributed by atoms with Gasteiger partial charge >= 0.3 is 14.1 Å². The van der Waals surface area contributed by atoms with Crippen molar-refractivity contribution >= 4 is 49.0 Å². The molecule has 0 radical (unpaired) electrons. The third kappa shape index (κ3) is 14.3. The number of rotatable bonds is 6. The SMILES string of the molecule is ClCCCC#[C][Al]([C]#CCCCCl)[C]#CCCCCl. The third-order valence-electron chi connectivity index (χ3n) is 2.05. The van der Waals surface area contributed by atoms with E-state index in [9.17, 15) is 0 Å². The van der Waals surface area contributed by atoms with Crippen molar-refractivity contribution in [1.82, 2.24) is 0 Å². The quantitative estimate of drug-likeness (QED) is 0.297. The molecule has 0 unspecified atom stereocenters. The van der Waals surface area contributed by atoms with Gasteiger partial charge in [-0.15, -0.1) is 52.6 Å². The monoisotopic (exact) mass is 330 g/mol. The second kappa shape index (κ2) is 16.1. The summed E-state index contributed by atoms with van der Waals surface area (Å²) in [5, 5.41) is 0. The van der Waals surface area contributed by atoms with Crippen LogP contribution < -0.4 is 0 Å². The molecule has 0 heterocycles. The molecule has 0 aliphatic carbocycles. The van der Waals surface area contributed by atoms with Gasteiger partial charge in [0.2, 0.25) is 0 Å². The molecular formula is C15H18AlCl3. The molecule has 4 heteroatoms. The van der Waals surface area contributed by atoms with Gasteiger partial charge in [0.25, 0.3) is 0 Å². The number of hydrogen-bond acceptors (Lipinski definition) is 0. The van der Waals surface area contributed by atoms with E-state index in [0.717, 1.165) is 38.5 Å². The average molecular weight is 332 g/mol. The Morgan fingerprint density at radius 3 is 1.16 bits per heavy atom. The fourth-order valence-corrected chi connectivity index (χ4v) is 2.76. The van der Waals surface area contributed by atoms with Gasteiger partial charge in [-0.25, -0.2) is 0 Å². The van der Waals surface area contributed by atoms with E-state index in [0.29, 0.717) is 17.6 Å². The molecule has 0 N–H and O–H groups in total. The highest BCUT2D eigenvalue weighted by molar-refractivity contribution is 6.82. The van der Waals surface area contributed by atoms with Crippen LogP contribution in [0.25, 0.3) is 0 Å². The predicted octanol–water partition coefficient (Wildman–Crippen LogP) is 4.17. The van der Waals surface area contributed by atoms with Crippen molar-refractivity contribution in [1.29, 1.82) is 0 Å². The van der Waals surface area contributed by atoms with Crippen LogP contribution in [-0.2, 0) is 0 Å². The summed E-state index contributed by atoms with van der Waals surface area (Å²) in [6.45, 7) is 0. The van der Waals surface area contributed by atoms with Gasteiger partial charge in [0.1, 0.15) is 0 Å². The van der Waals surface area contributed by atoms with Crippen LogP contribution >= 0.6 is 34.8 Å². The van der Waals surface area contributed by atoms with Gasteiger partial charge < -0.3 is 0 Å². The number of alkyl halides is 3. The van der Waals surface area contributed by atoms with E-state index in [1.807, 2.05) is 0 Å². The Morgan fingerprint density at radius 2 is 0.895 bits per heavy atom. The largest absolute Gasteiger partial charge is 0.574 e. The van der Waals surface area contributed by atoms with Crippen LogP contribution in [0.3, 0.4) is 0 Å². The zero-order valence-electron chi connectivity index (χ0n) is 11.1. The summed E-state index contributed by atoms with van der Waals surface area (Å²) in [5.41, 5.74) is 0. The zero-order valence-corrected chi connectivity index (χ0v) is 14.5. The summed E-state index contributed by atoms with van der Waals surface area (Å²) in [6, 6.07) is 0. The second-order valence-corrected chi connectivity index (χ2v) is 6.64. The fraction of sp³-hybridized carbons (Fsp3) is 0.600. The molecule has 0 aliphatic heterocycles. The van der Waals surface area contributed by atoms with E-state index in [4.69, 9.17) is 34.8 Å². The van der Waals surface area contributed by atoms with Crippen LogP contribution in [0.15, 0.2) is 0 Å². The Hall–Kier alpha value is 0.0825. The van der Waals surface area contributed by atoms with Gasteiger partial charge in [-0.3, -0.25) is 0 Å². The number of unbranched alkanes of at least 4 members (excludes halogenated alkanes) is 3. The lowest BCUT2D eigenvalue weighted by Crippen LogP contribution is -2.04. The maximum atomic E-state index is 5.62. The van der Waals surface area contributed by atoms with Crippen LogP contribution in [0, 0.1) is 32.1 Å². The molecule has 0 saturated heterocycles. The maximum absolute atomic E-state index is 5.62. The van der Waals surface area contributed by atoms with Crippen molar-refractivity contribution in [3.63, 3.8) is 0 Å². The molecule has 19 heavy (non-hydrogen) atoms. The van der Waals surface area contributed by atoms with Crippen LogP contribution in [0.5, 0.6) is 0 Å². The summed E-state index contributed by atoms with van der Waals surface area (Å²) in [6.07, 6.45) is 5.28. The molecule has 0 fully saturated rings. The summed E-state index contributed by atoms with van der Waals surface area (Å²) < 4.78 is 0. The first-order valence-corrected chi connectivity index (χ1v) is 9.81. The molecule has 0 bridgehead atoms. The summed E-state index contributed by atoms with van der Waals surface area (Å²) in [5.74, 6) is 11.4. The lowest BCUT2D eigenvalue weighted by Gasteiger charge is -1.87. The Labute approximate surface area is 137 Å². The first kappa shape index (κ1) is 19.1. The van der Waals surface area contributed by atoms with Crippen molar-refractivity contribution in [2.24, 2.45) is 0 Å². The van der Waals surface area contributed by atoms with E-state index < -0.39 is 14.1 Å². The van der Waals surface area contributed by atoms with Crippen molar-refractivity contribution in [2.75, 3.05) is 17.6 Å². The van der Waals surface area contributed by atoms with Crippen molar-refractivity contribution < 1.29 is 0 Å². The van der Waals surface area contributed by atoms with Crippen LogP contribution in [0.1, 0.15) is 38.5 Å². The maximum Gasteiger partial charge on any atom is 0.574 e. The lowest BCUT2D eigenvalue weighted by molar-refractivity contribution is 0.991. The summed E-state index contributed by atoms with van der Waals surface area (Å²) in [7, 11) is 0. The summed E-state index contributed by atoms with van der Waals surface area (Å²) >= 11 is 15.3. The number of hydrogen-bond donors (Lipinski definition) is 0. The third-order valence-corrected chi connectivity index (χ3v) is 4.33. The lowest BCUT2D eigenvalue weighted by atomic mass is 10.4. The Morgan fingerprint density at radius 1 is 0.579 bits per heavy atom. The first-order chi connectivity index (χ1) is 9.35. The second-order valence-electron chi connectivity index (χ2n) is 3.77.